The minimum atomic E-state index is -1.22. The number of aromatic hydroxyl groups is 1. The molecule has 0 saturated carbocycles. The smallest absolute Gasteiger partial charge is 1.00 e. The van der Waals surface area contributed by atoms with Crippen LogP contribution in [0.5, 0.6) is 17.2 Å². The number of nitrogens with zero attached hydrogens (tertiary/aromatic N) is 3. The molecule has 0 spiro atoms. The molecule has 0 radical (unpaired) electrons. The molecule has 0 amide bonds. The Labute approximate surface area is 712 Å². The summed E-state index contributed by atoms with van der Waals surface area (Å²) in [5.41, 5.74) is 7.95. The van der Waals surface area contributed by atoms with Crippen LogP contribution in [0.1, 0.15) is 191 Å². The largest absolute Gasteiger partial charge is 1.00 e. The average Bonchev–Trinajstić information content (AvgIpc) is 0.826. The Kier molecular flexibility index (Phi) is 37.7. The molecule has 7 aliphatic heterocycles. The predicted octanol–water partition coefficient (Wildman–Crippen LogP) is 4.07. The van der Waals surface area contributed by atoms with E-state index in [1.54, 1.807) is 38.4 Å². The number of esters is 2. The molecule has 3 aromatic carbocycles. The molecule has 13 rings (SSSR count). The van der Waals surface area contributed by atoms with Crippen molar-refractivity contribution in [3.63, 3.8) is 0 Å². The number of halogens is 1. The zero-order valence-electron chi connectivity index (χ0n) is 63.6. The van der Waals surface area contributed by atoms with E-state index in [-0.39, 0.29) is 220 Å². The fourth-order valence-electron chi connectivity index (χ4n) is 13.6. The third-order valence-corrected chi connectivity index (χ3v) is 20.2. The second kappa shape index (κ2) is 44.3. The molecule has 3 aromatic heterocycles. The molecule has 106 heavy (non-hydrogen) atoms. The van der Waals surface area contributed by atoms with E-state index in [0.717, 1.165) is 102 Å². The molecule has 10 heterocycles. The van der Waals surface area contributed by atoms with Gasteiger partial charge in [-0.15, -0.1) is 0 Å². The molecule has 5 N–H and O–H groups in total. The number of alkyl halides is 1. The van der Waals surface area contributed by atoms with Crippen molar-refractivity contribution in [2.24, 2.45) is 17.8 Å². The van der Waals surface area contributed by atoms with Gasteiger partial charge in [-0.25, -0.2) is 14.4 Å². The number of hydrogen-bond donors (Lipinski definition) is 5. The van der Waals surface area contributed by atoms with Crippen molar-refractivity contribution in [3.05, 3.63) is 154 Å². The fourth-order valence-corrected chi connectivity index (χ4v) is 14.0. The van der Waals surface area contributed by atoms with Crippen molar-refractivity contribution in [2.75, 3.05) is 66.1 Å². The molecule has 7 aliphatic rings. The molecule has 568 valence electrons. The fraction of sp³-hybridized carbons (Fsp3) is 0.526. The summed E-state index contributed by atoms with van der Waals surface area (Å²) in [5.74, 6) is -0.273. The minimum absolute atomic E-state index is 0. The SMILES string of the molecule is BrC1CCOCC1.C1CCOC1.CC(C)C1Cc2cc(OC3CCOCC3)c(CO)cc2-c2cc(=O)c(C(=O)O)cn21.CCOC(=O)c1cn2c(cc1=O)-c1cc(CO)c(O)cc1CC2C(C)C.CCOC(=O)c1cn2c(cc1=O)-c1cc(CO)c(OC3CCOCC3)cc1CC2C(C)C.O=CO[O-].[H-].[K+].[K+]. The number of carbonyl (C=O) groups is 4. The molecule has 0 bridgehead atoms. The summed E-state index contributed by atoms with van der Waals surface area (Å²) in [5, 5.41) is 57.3. The van der Waals surface area contributed by atoms with Crippen LogP contribution >= 0.6 is 15.9 Å². The van der Waals surface area contributed by atoms with Crippen LogP contribution in [-0.2, 0) is 77.2 Å². The van der Waals surface area contributed by atoms with Crippen LogP contribution in [0.25, 0.3) is 33.8 Å². The van der Waals surface area contributed by atoms with Gasteiger partial charge in [0, 0.05) is 145 Å². The first-order chi connectivity index (χ1) is 50.0. The maximum absolute atomic E-state index is 12.8. The molecule has 3 unspecified atom stereocenters. The summed E-state index contributed by atoms with van der Waals surface area (Å²) in [6.45, 7) is 22.2. The second-order valence-electron chi connectivity index (χ2n) is 27.3. The number of ether oxygens (including phenoxy) is 8. The summed E-state index contributed by atoms with van der Waals surface area (Å²) in [6, 6.07) is 15.6. The maximum Gasteiger partial charge on any atom is 1.00 e. The van der Waals surface area contributed by atoms with Crippen LogP contribution in [0.15, 0.2) is 87.6 Å². The molecule has 28 heteroatoms. The van der Waals surface area contributed by atoms with Crippen LogP contribution in [0, 0.1) is 17.8 Å². The van der Waals surface area contributed by atoms with Gasteiger partial charge in [0.1, 0.15) is 46.1 Å². The van der Waals surface area contributed by atoms with Gasteiger partial charge in [0.25, 0.3) is 6.47 Å². The minimum Gasteiger partial charge on any atom is -1.00 e. The number of aromatic carboxylic acids is 1. The van der Waals surface area contributed by atoms with Crippen molar-refractivity contribution in [3.8, 4) is 51.0 Å². The first-order valence-corrected chi connectivity index (χ1v) is 36.8. The van der Waals surface area contributed by atoms with Gasteiger partial charge < -0.3 is 88.7 Å². The summed E-state index contributed by atoms with van der Waals surface area (Å²) in [7, 11) is 0. The van der Waals surface area contributed by atoms with Crippen LogP contribution in [0.3, 0.4) is 0 Å². The van der Waals surface area contributed by atoms with Crippen molar-refractivity contribution < 1.29 is 197 Å². The van der Waals surface area contributed by atoms with Crippen molar-refractivity contribution in [1.29, 1.82) is 0 Å². The Hall–Kier alpha value is -4.78. The molecule has 6 aromatic rings. The van der Waals surface area contributed by atoms with Crippen molar-refractivity contribution in [1.82, 2.24) is 13.7 Å². The van der Waals surface area contributed by atoms with Gasteiger partial charge in [-0.1, -0.05) is 57.5 Å². The number of carboxylic acids is 1. The van der Waals surface area contributed by atoms with E-state index in [4.69, 9.17) is 47.9 Å². The molecule has 4 saturated heterocycles. The van der Waals surface area contributed by atoms with Gasteiger partial charge in [0.15, 0.2) is 16.3 Å². The molecule has 3 atom stereocenters. The predicted molar refractivity (Wildman–Crippen MR) is 389 cm³/mol. The van der Waals surface area contributed by atoms with E-state index in [0.29, 0.717) is 78.8 Å². The van der Waals surface area contributed by atoms with Gasteiger partial charge in [-0.05, 0) is 130 Å². The number of carbonyl (C=O) groups excluding carboxylic acids is 3. The van der Waals surface area contributed by atoms with Crippen LogP contribution in [-0.4, -0.2) is 147 Å². The Morgan fingerprint density at radius 3 is 1.14 bits per heavy atom. The van der Waals surface area contributed by atoms with E-state index in [2.05, 4.69) is 62.4 Å². The number of aromatic nitrogens is 3. The van der Waals surface area contributed by atoms with Crippen molar-refractivity contribution >= 4 is 40.3 Å². The normalized spacial score (nSPS) is 17.6. The Balaban J connectivity index is 0.000000257. The number of pyridine rings is 3. The van der Waals surface area contributed by atoms with Crippen LogP contribution in [0.2, 0.25) is 0 Å². The monoisotopic (exact) mass is 1590 g/mol. The maximum atomic E-state index is 12.8. The van der Waals surface area contributed by atoms with Gasteiger partial charge in [0.2, 0.25) is 0 Å². The van der Waals surface area contributed by atoms with Crippen molar-refractivity contribution in [2.45, 2.75) is 181 Å². The van der Waals surface area contributed by atoms with E-state index >= 15 is 0 Å². The standard InChI is InChI=1S/C25H31NO6.C23H27NO6.C20H23NO5.C5H9BrO.C4H8O.CH2O3.2K.H/c1-4-31-25(29)20-13-26-21(15(2)3)10-16-11-24(32-18-5-7-30-8-6-18)17(14-27)9-19(16)22(26)12-23(20)28;1-13(2)19-8-14-9-22(30-16-3-5-29-6-4-16)15(12-25)7-17(14)20-10-21(26)18(23(27)28)11-24(19)20;1-4-26-20(25)15-9-21-16(11(2)3)6-12-7-18(23)13(10-22)5-14(12)17(21)8-19(15)24;6-5-1-3-7-4-2-5;1-2-4-5-3-1;2-1-4-3;;;/h9,11-13,15,18,21,27H,4-8,10,14H2,1-3H3;7,9-11,13,16,19,25H,3-6,8,12H2,1-2H3,(H,27,28);5,7-9,11,16,22-23H,4,6,10H2,1-3H3;5H,1-4H2;1-4H2;1,3H;;;/q;;;;;;2*+1;-1/p-1. The Bertz CT molecular complexity index is 4100. The third-order valence-electron chi connectivity index (χ3n) is 19.3. The summed E-state index contributed by atoms with van der Waals surface area (Å²) in [4.78, 5) is 85.6. The first-order valence-electron chi connectivity index (χ1n) is 35.9. The summed E-state index contributed by atoms with van der Waals surface area (Å²) in [6.07, 6.45) is 15.1. The number of benzene rings is 3. The van der Waals surface area contributed by atoms with Crippen LogP contribution in [0.4, 0.5) is 0 Å². The Morgan fingerprint density at radius 2 is 0.849 bits per heavy atom. The van der Waals surface area contributed by atoms with Gasteiger partial charge >= 0.3 is 121 Å². The zero-order valence-corrected chi connectivity index (χ0v) is 70.4. The van der Waals surface area contributed by atoms with E-state index < -0.39 is 28.8 Å². The number of hydrogen-bond acceptors (Lipinski definition) is 21. The molecular weight excluding hydrogens is 1490 g/mol. The van der Waals surface area contributed by atoms with E-state index in [1.165, 1.54) is 50.1 Å². The molecule has 4 fully saturated rings. The molecular formula is C78H100BrK2N3O22. The van der Waals surface area contributed by atoms with Crippen LogP contribution < -0.4 is 134 Å². The number of fused-ring (bicyclic) bond motifs is 9. The average molecular weight is 1590 g/mol. The topological polar surface area (TPSA) is 342 Å². The quantitative estimate of drug-likeness (QED) is 0.0228. The number of phenols is 1. The number of aliphatic hydroxyl groups is 3. The van der Waals surface area contributed by atoms with Gasteiger partial charge in [-0.3, -0.25) is 19.2 Å². The van der Waals surface area contributed by atoms with Gasteiger partial charge in [-0.2, -0.15) is 0 Å². The number of rotatable bonds is 16. The van der Waals surface area contributed by atoms with E-state index in [1.807, 2.05) is 38.0 Å². The van der Waals surface area contributed by atoms with Gasteiger partial charge in [0.05, 0.1) is 76.5 Å². The first kappa shape index (κ1) is 90.1. The zero-order chi connectivity index (χ0) is 75.3. The second-order valence-corrected chi connectivity index (χ2v) is 28.6. The third kappa shape index (κ3) is 23.6. The summed E-state index contributed by atoms with van der Waals surface area (Å²) >= 11 is 3.51. The molecule has 25 nitrogen and oxygen atoms in total. The summed E-state index contributed by atoms with van der Waals surface area (Å²) < 4.78 is 49.3. The number of aliphatic hydroxyl groups excluding tert-OH is 3. The van der Waals surface area contributed by atoms with E-state index in [9.17, 15) is 54.3 Å². The molecule has 0 aliphatic carbocycles. The Morgan fingerprint density at radius 1 is 0.528 bits per heavy atom. The number of carboxylic acid groups (broad SMARTS) is 1.